The van der Waals surface area contributed by atoms with E-state index >= 15 is 0 Å². The Morgan fingerprint density at radius 2 is 1.94 bits per heavy atom. The molecule has 1 fully saturated rings. The standard InChI is InChI=1S/C31H32ClF3N8O5S/c1-18-16-30(8-11-41(12-9-30)49(46,47)24-5-10-40(2)38-24)25-26(18)42(17-23(44)36-22-4-3-20(15-21(22)32)31(33,34)35)29-37-27(39-43(29)28(25)45)19-6-13-48-14-7-19/h3-6,10,15,18H,7-9,11-14,16-17H2,1-2H3,(H,36,44)/t18-/m0/s1. The number of carbonyl (C=O) groups is 1. The second-order valence-electron chi connectivity index (χ2n) is 12.7. The normalized spacial score (nSPS) is 19.7. The second kappa shape index (κ2) is 12.1. The van der Waals surface area contributed by atoms with Gasteiger partial charge in [0, 0.05) is 43.0 Å². The van der Waals surface area contributed by atoms with Gasteiger partial charge in [0.05, 0.1) is 29.5 Å². The van der Waals surface area contributed by atoms with Crippen LogP contribution in [0.15, 0.2) is 46.4 Å². The molecular weight excluding hydrogens is 689 g/mol. The van der Waals surface area contributed by atoms with E-state index in [1.807, 2.05) is 13.0 Å². The molecule has 1 amide bonds. The van der Waals surface area contributed by atoms with E-state index in [4.69, 9.17) is 21.3 Å². The van der Waals surface area contributed by atoms with Crippen LogP contribution >= 0.6 is 11.6 Å². The highest BCUT2D eigenvalue weighted by Gasteiger charge is 2.50. The third-order valence-electron chi connectivity index (χ3n) is 9.57. The van der Waals surface area contributed by atoms with E-state index in [1.165, 1.54) is 19.6 Å². The van der Waals surface area contributed by atoms with Crippen LogP contribution in [-0.4, -0.2) is 73.9 Å². The fourth-order valence-electron chi connectivity index (χ4n) is 7.29. The van der Waals surface area contributed by atoms with Gasteiger partial charge in [-0.3, -0.25) is 14.3 Å². The van der Waals surface area contributed by atoms with Gasteiger partial charge in [0.25, 0.3) is 15.6 Å². The minimum absolute atomic E-state index is 0.00565. The molecule has 13 nitrogen and oxygen atoms in total. The topological polar surface area (TPSA) is 146 Å². The zero-order chi connectivity index (χ0) is 34.9. The number of ether oxygens (including phenoxy) is 1. The third-order valence-corrected chi connectivity index (χ3v) is 11.7. The highest BCUT2D eigenvalue weighted by atomic mass is 35.5. The fourth-order valence-corrected chi connectivity index (χ4v) is 8.91. The van der Waals surface area contributed by atoms with Crippen molar-refractivity contribution in [2.24, 2.45) is 7.05 Å². The van der Waals surface area contributed by atoms with Crippen LogP contribution in [-0.2, 0) is 44.7 Å². The molecule has 0 bridgehead atoms. The molecule has 1 saturated heterocycles. The first-order valence-corrected chi connectivity index (χ1v) is 17.5. The van der Waals surface area contributed by atoms with Crippen LogP contribution in [0.4, 0.5) is 18.9 Å². The van der Waals surface area contributed by atoms with Gasteiger partial charge in [0.15, 0.2) is 10.9 Å². The van der Waals surface area contributed by atoms with Crippen LogP contribution in [0.5, 0.6) is 0 Å². The van der Waals surface area contributed by atoms with E-state index in [-0.39, 0.29) is 52.6 Å². The van der Waals surface area contributed by atoms with Gasteiger partial charge in [0.1, 0.15) is 6.54 Å². The Labute approximate surface area is 283 Å². The van der Waals surface area contributed by atoms with E-state index in [2.05, 4.69) is 15.5 Å². The van der Waals surface area contributed by atoms with Crippen molar-refractivity contribution in [2.75, 3.05) is 31.6 Å². The Kier molecular flexibility index (Phi) is 8.23. The summed E-state index contributed by atoms with van der Waals surface area (Å²) in [5.74, 6) is -0.369. The molecule has 5 heterocycles. The van der Waals surface area contributed by atoms with Crippen LogP contribution in [0.2, 0.25) is 5.02 Å². The van der Waals surface area contributed by atoms with Crippen molar-refractivity contribution >= 4 is 44.6 Å². The van der Waals surface area contributed by atoms with Crippen molar-refractivity contribution in [1.29, 1.82) is 0 Å². The lowest BCUT2D eigenvalue weighted by Crippen LogP contribution is -2.46. The number of rotatable bonds is 6. The molecule has 260 valence electrons. The summed E-state index contributed by atoms with van der Waals surface area (Å²) in [6.07, 6.45) is 0.559. The molecule has 0 saturated carbocycles. The highest BCUT2D eigenvalue weighted by Crippen LogP contribution is 2.51. The van der Waals surface area contributed by atoms with E-state index in [0.29, 0.717) is 56.0 Å². The van der Waals surface area contributed by atoms with E-state index in [0.717, 1.165) is 23.8 Å². The maximum atomic E-state index is 14.4. The van der Waals surface area contributed by atoms with Gasteiger partial charge < -0.3 is 14.6 Å². The highest BCUT2D eigenvalue weighted by molar-refractivity contribution is 7.89. The summed E-state index contributed by atoms with van der Waals surface area (Å²) in [7, 11) is -2.21. The summed E-state index contributed by atoms with van der Waals surface area (Å²) >= 11 is 6.13. The second-order valence-corrected chi connectivity index (χ2v) is 15.0. The Morgan fingerprint density at radius 1 is 1.18 bits per heavy atom. The zero-order valence-corrected chi connectivity index (χ0v) is 28.1. The molecule has 49 heavy (non-hydrogen) atoms. The van der Waals surface area contributed by atoms with Gasteiger partial charge in [-0.05, 0) is 61.4 Å². The van der Waals surface area contributed by atoms with Crippen LogP contribution in [0.3, 0.4) is 0 Å². The van der Waals surface area contributed by atoms with E-state index in [9.17, 15) is 31.2 Å². The number of amides is 1. The van der Waals surface area contributed by atoms with Crippen molar-refractivity contribution < 1.29 is 31.1 Å². The molecule has 3 aromatic heterocycles. The van der Waals surface area contributed by atoms with Crippen LogP contribution in [0.1, 0.15) is 61.2 Å². The van der Waals surface area contributed by atoms with Crippen molar-refractivity contribution in [3.05, 3.63) is 74.6 Å². The number of aromatic nitrogens is 6. The number of nitrogens with zero attached hydrogens (tertiary/aromatic N) is 7. The minimum Gasteiger partial charge on any atom is -0.377 e. The molecular formula is C31H32ClF3N8O5S. The summed E-state index contributed by atoms with van der Waals surface area (Å²) in [6, 6.07) is 4.10. The van der Waals surface area contributed by atoms with Gasteiger partial charge in [-0.1, -0.05) is 24.6 Å². The largest absolute Gasteiger partial charge is 0.416 e. The molecule has 7 rings (SSSR count). The van der Waals surface area contributed by atoms with E-state index < -0.39 is 33.1 Å². The Bertz CT molecular complexity index is 2180. The summed E-state index contributed by atoms with van der Waals surface area (Å²) in [4.78, 5) is 32.6. The number of nitrogens with one attached hydrogen (secondary N) is 1. The van der Waals surface area contributed by atoms with Gasteiger partial charge in [-0.2, -0.15) is 32.1 Å². The molecule has 18 heteroatoms. The predicted octanol–water partition coefficient (Wildman–Crippen LogP) is 3.97. The molecule has 1 atom stereocenters. The fraction of sp³-hybridized carbons (Fsp3) is 0.452. The number of fused-ring (bicyclic) bond motifs is 3. The van der Waals surface area contributed by atoms with E-state index in [1.54, 1.807) is 17.8 Å². The monoisotopic (exact) mass is 720 g/mol. The first-order chi connectivity index (χ1) is 23.2. The molecule has 3 aliphatic rings. The number of benzene rings is 1. The SMILES string of the molecule is C[C@H]1CC2(CCN(S(=O)(=O)c3ccn(C)n3)CC2)c2c1n(CC(=O)Nc1ccc(C(F)(F)F)cc1Cl)c1nc(C3=CCOCC3)nn1c2=O. The number of piperidine rings is 1. The minimum atomic E-state index is -4.61. The molecule has 1 aromatic carbocycles. The van der Waals surface area contributed by atoms with Crippen molar-refractivity contribution in [1.82, 2.24) is 33.3 Å². The molecule has 4 aromatic rings. The lowest BCUT2D eigenvalue weighted by molar-refractivity contribution is -0.137. The summed E-state index contributed by atoms with van der Waals surface area (Å²) < 4.78 is 77.4. The molecule has 1 spiro atoms. The predicted molar refractivity (Wildman–Crippen MR) is 172 cm³/mol. The molecule has 1 aliphatic carbocycles. The summed E-state index contributed by atoms with van der Waals surface area (Å²) in [6.45, 7) is 2.73. The summed E-state index contributed by atoms with van der Waals surface area (Å²) in [5, 5.41) is 10.9. The lowest BCUT2D eigenvalue weighted by Gasteiger charge is -2.38. The van der Waals surface area contributed by atoms with Crippen LogP contribution < -0.4 is 10.9 Å². The number of alkyl halides is 3. The first-order valence-electron chi connectivity index (χ1n) is 15.7. The van der Waals surface area contributed by atoms with Crippen LogP contribution in [0.25, 0.3) is 11.4 Å². The molecule has 0 radical (unpaired) electrons. The van der Waals surface area contributed by atoms with Gasteiger partial charge in [-0.15, -0.1) is 5.10 Å². The number of anilines is 1. The number of halogens is 4. The van der Waals surface area contributed by atoms with Crippen molar-refractivity contribution in [2.45, 2.75) is 61.7 Å². The number of hydrogen-bond acceptors (Lipinski definition) is 8. The average Bonchev–Trinajstić information content (AvgIpc) is 3.77. The molecule has 2 aliphatic heterocycles. The number of aryl methyl sites for hydroxylation is 1. The number of carbonyl (C=O) groups excluding carboxylic acids is 1. The van der Waals surface area contributed by atoms with Gasteiger partial charge in [-0.25, -0.2) is 8.42 Å². The third kappa shape index (κ3) is 5.85. The quantitative estimate of drug-likeness (QED) is 0.315. The zero-order valence-electron chi connectivity index (χ0n) is 26.5. The summed E-state index contributed by atoms with van der Waals surface area (Å²) in [5.41, 5.74) is -0.204. The Morgan fingerprint density at radius 3 is 2.57 bits per heavy atom. The maximum Gasteiger partial charge on any atom is 0.416 e. The number of hydrogen-bond donors (Lipinski definition) is 1. The average molecular weight is 721 g/mol. The smallest absolute Gasteiger partial charge is 0.377 e. The van der Waals surface area contributed by atoms with Crippen LogP contribution in [0, 0.1) is 0 Å². The van der Waals surface area contributed by atoms with Gasteiger partial charge >= 0.3 is 6.18 Å². The van der Waals surface area contributed by atoms with Gasteiger partial charge in [0.2, 0.25) is 11.7 Å². The lowest BCUT2D eigenvalue weighted by atomic mass is 9.74. The number of sulfonamides is 1. The molecule has 0 unspecified atom stereocenters. The molecule has 1 N–H and O–H groups in total. The Balaban J connectivity index is 1.27. The van der Waals surface area contributed by atoms with Crippen molar-refractivity contribution in [3.63, 3.8) is 0 Å². The van der Waals surface area contributed by atoms with Crippen molar-refractivity contribution in [3.8, 4) is 0 Å². The first kappa shape index (κ1) is 33.4. The maximum absolute atomic E-state index is 14.4. The Hall–Kier alpha value is -4.06.